The lowest BCUT2D eigenvalue weighted by molar-refractivity contribution is 0.208. The van der Waals surface area contributed by atoms with E-state index in [4.69, 9.17) is 0 Å². The van der Waals surface area contributed by atoms with Crippen molar-refractivity contribution in [1.82, 2.24) is 0 Å². The molecule has 0 aromatic rings. The Labute approximate surface area is 50.1 Å². The molecule has 0 nitrogen and oxygen atoms in total. The standard InChI is InChI=1S/C7H13F/c1-6-3-2-4-7(8)5-6/h6-7H,2-5H2,1H3/t6-,7+/m1/s1. The Hall–Kier alpha value is -0.0700. The zero-order valence-corrected chi connectivity index (χ0v) is 5.36. The summed E-state index contributed by atoms with van der Waals surface area (Å²) >= 11 is 0. The molecule has 0 N–H and O–H groups in total. The lowest BCUT2D eigenvalue weighted by atomic mass is 9.90. The SMILES string of the molecule is C[C@@H]1CCC[C@H](F)C1. The van der Waals surface area contributed by atoms with Gasteiger partial charge in [0.2, 0.25) is 0 Å². The fourth-order valence-electron chi connectivity index (χ4n) is 1.36. The van der Waals surface area contributed by atoms with Crippen LogP contribution >= 0.6 is 0 Å². The van der Waals surface area contributed by atoms with Crippen molar-refractivity contribution in [3.05, 3.63) is 0 Å². The molecule has 0 aromatic carbocycles. The van der Waals surface area contributed by atoms with Crippen LogP contribution in [0.3, 0.4) is 0 Å². The van der Waals surface area contributed by atoms with Crippen LogP contribution in [0.1, 0.15) is 32.6 Å². The minimum Gasteiger partial charge on any atom is -0.247 e. The molecule has 1 aliphatic rings. The first-order valence-electron chi connectivity index (χ1n) is 3.43. The van der Waals surface area contributed by atoms with Crippen molar-refractivity contribution in [3.8, 4) is 0 Å². The molecular formula is C7H13F. The third kappa shape index (κ3) is 1.46. The first-order valence-corrected chi connectivity index (χ1v) is 3.43. The molecule has 0 spiro atoms. The largest absolute Gasteiger partial charge is 0.247 e. The molecule has 2 atom stereocenters. The molecule has 1 heteroatoms. The van der Waals surface area contributed by atoms with Crippen LogP contribution in [0, 0.1) is 5.92 Å². The van der Waals surface area contributed by atoms with Crippen molar-refractivity contribution in [2.75, 3.05) is 0 Å². The topological polar surface area (TPSA) is 0 Å². The first-order chi connectivity index (χ1) is 3.79. The van der Waals surface area contributed by atoms with E-state index in [1.54, 1.807) is 0 Å². The molecule has 0 aliphatic heterocycles. The molecule has 0 amide bonds. The van der Waals surface area contributed by atoms with Gasteiger partial charge in [0.1, 0.15) is 6.17 Å². The lowest BCUT2D eigenvalue weighted by Gasteiger charge is -2.20. The number of hydrogen-bond donors (Lipinski definition) is 0. The maximum atomic E-state index is 12.4. The van der Waals surface area contributed by atoms with E-state index >= 15 is 0 Å². The predicted molar refractivity (Wildman–Crippen MR) is 32.5 cm³/mol. The molecule has 48 valence electrons. The minimum atomic E-state index is -0.487. The van der Waals surface area contributed by atoms with Gasteiger partial charge in [-0.3, -0.25) is 0 Å². The number of hydrogen-bond acceptors (Lipinski definition) is 0. The maximum Gasteiger partial charge on any atom is 0.100 e. The lowest BCUT2D eigenvalue weighted by Crippen LogP contribution is -2.12. The van der Waals surface area contributed by atoms with Gasteiger partial charge in [-0.2, -0.15) is 0 Å². The second kappa shape index (κ2) is 2.47. The van der Waals surface area contributed by atoms with Crippen molar-refractivity contribution in [2.45, 2.75) is 38.8 Å². The van der Waals surface area contributed by atoms with E-state index in [2.05, 4.69) is 6.92 Å². The molecule has 0 saturated heterocycles. The third-order valence-corrected chi connectivity index (χ3v) is 1.87. The fourth-order valence-corrected chi connectivity index (χ4v) is 1.36. The monoisotopic (exact) mass is 116 g/mol. The summed E-state index contributed by atoms with van der Waals surface area (Å²) < 4.78 is 12.4. The van der Waals surface area contributed by atoms with Gasteiger partial charge in [-0.15, -0.1) is 0 Å². The van der Waals surface area contributed by atoms with Gasteiger partial charge < -0.3 is 0 Å². The molecular weight excluding hydrogens is 103 g/mol. The van der Waals surface area contributed by atoms with Crippen LogP contribution in [0.2, 0.25) is 0 Å². The summed E-state index contributed by atoms with van der Waals surface area (Å²) in [6, 6.07) is 0. The van der Waals surface area contributed by atoms with Crippen LogP contribution in [0.15, 0.2) is 0 Å². The number of alkyl halides is 1. The van der Waals surface area contributed by atoms with Gasteiger partial charge in [0.15, 0.2) is 0 Å². The minimum absolute atomic E-state index is 0.487. The average Bonchev–Trinajstić information content (AvgIpc) is 1.64. The third-order valence-electron chi connectivity index (χ3n) is 1.87. The van der Waals surface area contributed by atoms with Gasteiger partial charge in [-0.25, -0.2) is 4.39 Å². The predicted octanol–water partition coefficient (Wildman–Crippen LogP) is 2.53. The van der Waals surface area contributed by atoms with Gasteiger partial charge in [-0.05, 0) is 18.8 Å². The van der Waals surface area contributed by atoms with Gasteiger partial charge in [0.05, 0.1) is 0 Å². The molecule has 0 heterocycles. The summed E-state index contributed by atoms with van der Waals surface area (Å²) in [6.45, 7) is 2.13. The zero-order valence-electron chi connectivity index (χ0n) is 5.36. The van der Waals surface area contributed by atoms with Crippen LogP contribution in [0.25, 0.3) is 0 Å². The second-order valence-corrected chi connectivity index (χ2v) is 2.87. The summed E-state index contributed by atoms with van der Waals surface area (Å²) in [4.78, 5) is 0. The summed E-state index contributed by atoms with van der Waals surface area (Å²) in [5, 5.41) is 0. The Balaban J connectivity index is 2.23. The van der Waals surface area contributed by atoms with Crippen LogP contribution in [-0.4, -0.2) is 6.17 Å². The van der Waals surface area contributed by atoms with Crippen LogP contribution < -0.4 is 0 Å². The highest BCUT2D eigenvalue weighted by molar-refractivity contribution is 4.68. The van der Waals surface area contributed by atoms with Crippen LogP contribution in [-0.2, 0) is 0 Å². The highest BCUT2D eigenvalue weighted by Gasteiger charge is 2.16. The zero-order chi connectivity index (χ0) is 5.98. The van der Waals surface area contributed by atoms with Gasteiger partial charge in [0, 0.05) is 0 Å². The second-order valence-electron chi connectivity index (χ2n) is 2.87. The molecule has 8 heavy (non-hydrogen) atoms. The van der Waals surface area contributed by atoms with E-state index in [-0.39, 0.29) is 0 Å². The summed E-state index contributed by atoms with van der Waals surface area (Å²) in [7, 11) is 0. The van der Waals surface area contributed by atoms with Crippen molar-refractivity contribution in [2.24, 2.45) is 5.92 Å². The van der Waals surface area contributed by atoms with Crippen molar-refractivity contribution < 1.29 is 4.39 Å². The quantitative estimate of drug-likeness (QED) is 0.456. The summed E-state index contributed by atoms with van der Waals surface area (Å²) in [6.07, 6.45) is 3.46. The smallest absolute Gasteiger partial charge is 0.100 e. The van der Waals surface area contributed by atoms with Gasteiger partial charge in [0.25, 0.3) is 0 Å². The van der Waals surface area contributed by atoms with E-state index in [0.29, 0.717) is 5.92 Å². The molecule has 0 radical (unpaired) electrons. The van der Waals surface area contributed by atoms with Gasteiger partial charge in [-0.1, -0.05) is 19.8 Å². The Morgan fingerprint density at radius 3 is 2.50 bits per heavy atom. The van der Waals surface area contributed by atoms with Crippen molar-refractivity contribution >= 4 is 0 Å². The highest BCUT2D eigenvalue weighted by Crippen LogP contribution is 2.25. The first kappa shape index (κ1) is 6.06. The van der Waals surface area contributed by atoms with Gasteiger partial charge >= 0.3 is 0 Å². The van der Waals surface area contributed by atoms with Crippen molar-refractivity contribution in [3.63, 3.8) is 0 Å². The Kier molecular flexibility index (Phi) is 1.87. The van der Waals surface area contributed by atoms with E-state index in [0.717, 1.165) is 19.3 Å². The summed E-state index contributed by atoms with van der Waals surface area (Å²) in [5.74, 6) is 0.638. The number of rotatable bonds is 0. The summed E-state index contributed by atoms with van der Waals surface area (Å²) in [5.41, 5.74) is 0. The Morgan fingerprint density at radius 1 is 1.38 bits per heavy atom. The molecule has 0 unspecified atom stereocenters. The molecule has 1 rings (SSSR count). The maximum absolute atomic E-state index is 12.4. The number of halogens is 1. The molecule has 0 aromatic heterocycles. The van der Waals surface area contributed by atoms with E-state index in [1.807, 2.05) is 0 Å². The molecule has 1 fully saturated rings. The normalized spacial score (nSPS) is 39.8. The van der Waals surface area contributed by atoms with Crippen LogP contribution in [0.4, 0.5) is 4.39 Å². The molecule has 0 bridgehead atoms. The van der Waals surface area contributed by atoms with E-state index < -0.39 is 6.17 Å². The van der Waals surface area contributed by atoms with Crippen LogP contribution in [0.5, 0.6) is 0 Å². The molecule has 1 aliphatic carbocycles. The molecule has 1 saturated carbocycles. The van der Waals surface area contributed by atoms with E-state index in [9.17, 15) is 4.39 Å². The Morgan fingerprint density at radius 2 is 2.12 bits per heavy atom. The fraction of sp³-hybridized carbons (Fsp3) is 1.00. The van der Waals surface area contributed by atoms with E-state index in [1.165, 1.54) is 6.42 Å². The Bertz CT molecular complexity index is 62.8. The average molecular weight is 116 g/mol. The van der Waals surface area contributed by atoms with Crippen molar-refractivity contribution in [1.29, 1.82) is 0 Å². The highest BCUT2D eigenvalue weighted by atomic mass is 19.1.